The minimum absolute atomic E-state index is 0.0158. The minimum Gasteiger partial charge on any atom is -0.477 e. The highest BCUT2D eigenvalue weighted by Gasteiger charge is 2.41. The number of alkyl halides is 3. The van der Waals surface area contributed by atoms with Gasteiger partial charge in [-0.05, 0) is 55.5 Å². The van der Waals surface area contributed by atoms with Crippen molar-refractivity contribution in [1.29, 1.82) is 0 Å². The van der Waals surface area contributed by atoms with E-state index in [4.69, 9.17) is 0 Å². The van der Waals surface area contributed by atoms with Crippen molar-refractivity contribution in [3.05, 3.63) is 68.8 Å². The fourth-order valence-corrected chi connectivity index (χ4v) is 4.89. The summed E-state index contributed by atoms with van der Waals surface area (Å²) in [4.78, 5) is 24.3. The van der Waals surface area contributed by atoms with E-state index in [9.17, 15) is 27.9 Å². The Morgan fingerprint density at radius 1 is 1.12 bits per heavy atom. The van der Waals surface area contributed by atoms with Crippen LogP contribution in [0.25, 0.3) is 22.0 Å². The molecule has 3 aromatic rings. The van der Waals surface area contributed by atoms with Gasteiger partial charge in [0.2, 0.25) is 5.43 Å². The molecular weight excluding hydrogens is 440 g/mol. The molecule has 5 nitrogen and oxygen atoms in total. The van der Waals surface area contributed by atoms with Crippen molar-refractivity contribution in [3.8, 4) is 11.1 Å². The van der Waals surface area contributed by atoms with Gasteiger partial charge in [0.05, 0.1) is 16.5 Å². The van der Waals surface area contributed by atoms with Gasteiger partial charge in [-0.25, -0.2) is 9.18 Å². The Kier molecular flexibility index (Phi) is 4.69. The van der Waals surface area contributed by atoms with Crippen LogP contribution in [0, 0.1) is 5.82 Å². The Morgan fingerprint density at radius 3 is 2.39 bits per heavy atom. The van der Waals surface area contributed by atoms with Crippen LogP contribution in [0.5, 0.6) is 0 Å². The van der Waals surface area contributed by atoms with Crippen LogP contribution in [0.1, 0.15) is 71.9 Å². The lowest BCUT2D eigenvalue weighted by Crippen LogP contribution is -2.22. The molecule has 9 heteroatoms. The van der Waals surface area contributed by atoms with E-state index in [1.807, 2.05) is 13.8 Å². The monoisotopic (exact) mass is 460 g/mol. The number of hydrogen-bond donors (Lipinski definition) is 2. The Bertz CT molecular complexity index is 1390. The maximum Gasteiger partial charge on any atom is 0.419 e. The number of benzene rings is 2. The molecule has 2 heterocycles. The van der Waals surface area contributed by atoms with Gasteiger partial charge in [-0.3, -0.25) is 4.79 Å². The second kappa shape index (κ2) is 7.15. The molecule has 2 atom stereocenters. The summed E-state index contributed by atoms with van der Waals surface area (Å²) < 4.78 is 60.1. The first-order chi connectivity index (χ1) is 15.5. The van der Waals surface area contributed by atoms with E-state index in [0.29, 0.717) is 12.8 Å². The summed E-state index contributed by atoms with van der Waals surface area (Å²) in [5.41, 5.74) is -2.41. The quantitative estimate of drug-likeness (QED) is 0.501. The molecule has 1 aromatic heterocycles. The van der Waals surface area contributed by atoms with Crippen molar-refractivity contribution in [2.24, 2.45) is 0 Å². The van der Waals surface area contributed by atoms with E-state index in [2.05, 4.69) is 5.32 Å². The third-order valence-corrected chi connectivity index (χ3v) is 6.53. The molecule has 1 fully saturated rings. The molecule has 0 radical (unpaired) electrons. The third kappa shape index (κ3) is 3.33. The van der Waals surface area contributed by atoms with Crippen molar-refractivity contribution in [2.75, 3.05) is 0 Å². The number of halogens is 4. The number of aromatic nitrogens is 1. The summed E-state index contributed by atoms with van der Waals surface area (Å²) in [6.45, 7) is 3.82. The van der Waals surface area contributed by atoms with Crippen molar-refractivity contribution >= 4 is 16.9 Å². The maximum absolute atomic E-state index is 15.4. The molecule has 0 amide bonds. The maximum atomic E-state index is 15.4. The highest BCUT2D eigenvalue weighted by Crippen LogP contribution is 2.47. The first-order valence-corrected chi connectivity index (χ1v) is 10.6. The molecule has 0 spiro atoms. The zero-order chi connectivity index (χ0) is 23.8. The normalized spacial score (nSPS) is 20.3. The van der Waals surface area contributed by atoms with E-state index >= 15 is 4.39 Å². The van der Waals surface area contributed by atoms with Crippen LogP contribution in [0.2, 0.25) is 0 Å². The number of aromatic carboxylic acids is 1. The fourth-order valence-electron chi connectivity index (χ4n) is 4.89. The van der Waals surface area contributed by atoms with Gasteiger partial charge in [0.25, 0.3) is 0 Å². The fraction of sp³-hybridized carbons (Fsp3) is 0.333. The topological polar surface area (TPSA) is 71.3 Å². The standard InChI is InChI=1S/C24H20F4N2O3/c1-10-14-6-3-12(7-15(14)11(2)29-10)19-18(25)8-16-21(20(19)24(26,27)28)30(13-4-5-13)9-17(22(16)31)23(32)33/h3,6-11,13,29H,4-5H2,1-2H3,(H,32,33). The second-order valence-corrected chi connectivity index (χ2v) is 8.77. The number of hydrogen-bond acceptors (Lipinski definition) is 3. The van der Waals surface area contributed by atoms with Gasteiger partial charge in [0.15, 0.2) is 0 Å². The average Bonchev–Trinajstić information content (AvgIpc) is 3.53. The smallest absolute Gasteiger partial charge is 0.419 e. The number of pyridine rings is 1. The highest BCUT2D eigenvalue weighted by atomic mass is 19.4. The number of carboxylic acid groups (broad SMARTS) is 1. The molecular formula is C24H20F4N2O3. The number of nitrogens with zero attached hydrogens (tertiary/aromatic N) is 1. The van der Waals surface area contributed by atoms with Crippen LogP contribution in [-0.4, -0.2) is 15.6 Å². The Labute approximate surface area is 185 Å². The van der Waals surface area contributed by atoms with Crippen molar-refractivity contribution in [2.45, 2.75) is 51.0 Å². The Morgan fingerprint density at radius 2 is 1.79 bits per heavy atom. The van der Waals surface area contributed by atoms with Gasteiger partial charge in [-0.1, -0.05) is 12.1 Å². The first kappa shape index (κ1) is 21.6. The molecule has 172 valence electrons. The van der Waals surface area contributed by atoms with Crippen LogP contribution in [0.4, 0.5) is 17.6 Å². The zero-order valence-corrected chi connectivity index (χ0v) is 17.8. The van der Waals surface area contributed by atoms with E-state index in [-0.39, 0.29) is 23.7 Å². The number of rotatable bonds is 3. The number of carbonyl (C=O) groups is 1. The molecule has 1 saturated carbocycles. The molecule has 2 aromatic carbocycles. The molecule has 2 unspecified atom stereocenters. The Hall–Kier alpha value is -3.20. The molecule has 1 aliphatic heterocycles. The summed E-state index contributed by atoms with van der Waals surface area (Å²) >= 11 is 0. The van der Waals surface area contributed by atoms with Gasteiger partial charge in [-0.15, -0.1) is 0 Å². The van der Waals surface area contributed by atoms with Gasteiger partial charge in [-0.2, -0.15) is 13.2 Å². The highest BCUT2D eigenvalue weighted by molar-refractivity contribution is 5.96. The zero-order valence-electron chi connectivity index (χ0n) is 17.8. The predicted octanol–water partition coefficient (Wildman–Crippen LogP) is 5.58. The van der Waals surface area contributed by atoms with E-state index in [1.54, 1.807) is 12.1 Å². The number of carboxylic acids is 1. The van der Waals surface area contributed by atoms with E-state index in [0.717, 1.165) is 23.4 Å². The van der Waals surface area contributed by atoms with Crippen LogP contribution < -0.4 is 10.7 Å². The van der Waals surface area contributed by atoms with Crippen LogP contribution in [-0.2, 0) is 6.18 Å². The van der Waals surface area contributed by atoms with Gasteiger partial charge in [0, 0.05) is 29.9 Å². The van der Waals surface area contributed by atoms with E-state index < -0.39 is 51.0 Å². The molecule has 2 N–H and O–H groups in total. The molecule has 2 aliphatic rings. The molecule has 0 saturated heterocycles. The lowest BCUT2D eigenvalue weighted by Gasteiger charge is -2.21. The lowest BCUT2D eigenvalue weighted by atomic mass is 9.91. The summed E-state index contributed by atoms with van der Waals surface area (Å²) in [7, 11) is 0. The Balaban J connectivity index is 1.90. The molecule has 5 rings (SSSR count). The number of nitrogens with one attached hydrogen (secondary N) is 1. The van der Waals surface area contributed by atoms with Crippen LogP contribution in [0.15, 0.2) is 35.3 Å². The summed E-state index contributed by atoms with van der Waals surface area (Å²) in [6.07, 6.45) is -2.94. The lowest BCUT2D eigenvalue weighted by molar-refractivity contribution is -0.136. The second-order valence-electron chi connectivity index (χ2n) is 8.77. The largest absolute Gasteiger partial charge is 0.477 e. The third-order valence-electron chi connectivity index (χ3n) is 6.53. The van der Waals surface area contributed by atoms with Gasteiger partial charge >= 0.3 is 12.1 Å². The van der Waals surface area contributed by atoms with Crippen molar-refractivity contribution in [1.82, 2.24) is 9.88 Å². The summed E-state index contributed by atoms with van der Waals surface area (Å²) in [6, 6.07) is 4.97. The SMILES string of the molecule is CC1NC(C)c2cc(-c3c(F)cc4c(=O)c(C(=O)O)cn(C5CC5)c4c3C(F)(F)F)ccc21. The van der Waals surface area contributed by atoms with E-state index in [1.165, 1.54) is 10.6 Å². The predicted molar refractivity (Wildman–Crippen MR) is 114 cm³/mol. The number of fused-ring (bicyclic) bond motifs is 2. The summed E-state index contributed by atoms with van der Waals surface area (Å²) in [5.74, 6) is -2.79. The average molecular weight is 460 g/mol. The van der Waals surface area contributed by atoms with Crippen molar-refractivity contribution in [3.63, 3.8) is 0 Å². The van der Waals surface area contributed by atoms with Crippen LogP contribution in [0.3, 0.4) is 0 Å². The summed E-state index contributed by atoms with van der Waals surface area (Å²) in [5, 5.41) is 12.1. The molecule has 0 bridgehead atoms. The first-order valence-electron chi connectivity index (χ1n) is 10.6. The molecule has 1 aliphatic carbocycles. The molecule has 33 heavy (non-hydrogen) atoms. The minimum atomic E-state index is -4.99. The van der Waals surface area contributed by atoms with Crippen molar-refractivity contribution < 1.29 is 27.5 Å². The van der Waals surface area contributed by atoms with Crippen LogP contribution >= 0.6 is 0 Å². The van der Waals surface area contributed by atoms with Gasteiger partial charge < -0.3 is 15.0 Å². The van der Waals surface area contributed by atoms with Gasteiger partial charge in [0.1, 0.15) is 11.4 Å².